The molecule has 3 unspecified atom stereocenters. The van der Waals surface area contributed by atoms with E-state index in [4.69, 9.17) is 23.7 Å². The van der Waals surface area contributed by atoms with Crippen LogP contribution in [0.4, 0.5) is 22.0 Å². The molecule has 0 radical (unpaired) electrons. The molecule has 7 nitrogen and oxygen atoms in total. The maximum Gasteiger partial charge on any atom is 0.453 e. The van der Waals surface area contributed by atoms with E-state index in [1.807, 2.05) is 37.3 Å². The van der Waals surface area contributed by atoms with E-state index in [0.717, 1.165) is 44.1 Å². The maximum atomic E-state index is 13.9. The first kappa shape index (κ1) is 42.3. The SMILES string of the molecule is CCCCCCCCCC(CCCCCCC(F)(F)C(F)(F)F)(C(=O)O)C1c2ccc(OCOC)cc2OCC1(C)c1ccc(OCOC)cc1. The normalized spacial score (nSPS) is 18.8. The van der Waals surface area contributed by atoms with Gasteiger partial charge in [0.2, 0.25) is 0 Å². The van der Waals surface area contributed by atoms with Gasteiger partial charge in [-0.25, -0.2) is 0 Å². The Balaban J connectivity index is 2.03. The lowest BCUT2D eigenvalue weighted by Crippen LogP contribution is -2.51. The number of ether oxygens (including phenoxy) is 5. The second-order valence-corrected chi connectivity index (χ2v) is 13.9. The Morgan fingerprint density at radius 1 is 0.784 bits per heavy atom. The Morgan fingerprint density at radius 3 is 1.82 bits per heavy atom. The lowest BCUT2D eigenvalue weighted by Gasteiger charge is -2.51. The van der Waals surface area contributed by atoms with Crippen molar-refractivity contribution in [2.45, 2.75) is 127 Å². The van der Waals surface area contributed by atoms with Crippen molar-refractivity contribution >= 4 is 5.97 Å². The summed E-state index contributed by atoms with van der Waals surface area (Å²) in [5.41, 5.74) is -0.589. The second-order valence-electron chi connectivity index (χ2n) is 13.9. The molecular weight excluding hydrogens is 675 g/mol. The molecule has 0 amide bonds. The average molecular weight is 731 g/mol. The molecular formula is C39H55F5O7. The van der Waals surface area contributed by atoms with Crippen LogP contribution in [0.5, 0.6) is 17.2 Å². The highest BCUT2D eigenvalue weighted by Gasteiger charge is 2.58. The highest BCUT2D eigenvalue weighted by Crippen LogP contribution is 2.59. The van der Waals surface area contributed by atoms with Gasteiger partial charge in [0.15, 0.2) is 13.6 Å². The van der Waals surface area contributed by atoms with Gasteiger partial charge in [-0.15, -0.1) is 0 Å². The number of carboxylic acid groups (broad SMARTS) is 1. The van der Waals surface area contributed by atoms with Crippen molar-refractivity contribution < 1.29 is 55.5 Å². The highest BCUT2D eigenvalue weighted by molar-refractivity contribution is 5.77. The number of fused-ring (bicyclic) bond motifs is 1. The minimum Gasteiger partial charge on any atom is -0.492 e. The van der Waals surface area contributed by atoms with Gasteiger partial charge < -0.3 is 28.8 Å². The maximum absolute atomic E-state index is 13.9. The first-order valence-electron chi connectivity index (χ1n) is 18.0. The fraction of sp³-hybridized carbons (Fsp3) is 0.667. The molecule has 12 heteroatoms. The standard InChI is InChI=1S/C39H55F5O7/c1-5-6-7-8-9-10-13-22-37(35(45)46,23-14-11-12-15-24-38(40,41)39(42,43)44)34-32-21-20-31(51-28-48-4)25-33(32)49-26-36(34,2)29-16-18-30(19-17-29)50-27-47-3/h16-21,25,34H,5-15,22-24,26-28H2,1-4H3,(H,45,46). The zero-order valence-corrected chi connectivity index (χ0v) is 30.4. The van der Waals surface area contributed by atoms with E-state index in [1.165, 1.54) is 14.2 Å². The Bertz CT molecular complexity index is 1340. The smallest absolute Gasteiger partial charge is 0.453 e. The van der Waals surface area contributed by atoms with Crippen LogP contribution < -0.4 is 14.2 Å². The van der Waals surface area contributed by atoms with E-state index in [0.29, 0.717) is 48.5 Å². The Morgan fingerprint density at radius 2 is 1.29 bits per heavy atom. The van der Waals surface area contributed by atoms with Crippen LogP contribution in [-0.4, -0.2) is 57.6 Å². The van der Waals surface area contributed by atoms with Crippen molar-refractivity contribution in [3.05, 3.63) is 53.6 Å². The van der Waals surface area contributed by atoms with Crippen molar-refractivity contribution in [2.75, 3.05) is 34.4 Å². The summed E-state index contributed by atoms with van der Waals surface area (Å²) in [5, 5.41) is 11.3. The lowest BCUT2D eigenvalue weighted by atomic mass is 9.54. The molecule has 0 spiro atoms. The minimum absolute atomic E-state index is 0.0175. The molecule has 288 valence electrons. The number of rotatable bonds is 24. The number of alkyl halides is 5. The van der Waals surface area contributed by atoms with Crippen LogP contribution in [-0.2, 0) is 19.7 Å². The molecule has 0 bridgehead atoms. The van der Waals surface area contributed by atoms with Crippen LogP contribution >= 0.6 is 0 Å². The fourth-order valence-electron chi connectivity index (χ4n) is 7.40. The minimum atomic E-state index is -5.59. The molecule has 2 aromatic carbocycles. The van der Waals surface area contributed by atoms with Gasteiger partial charge in [-0.2, -0.15) is 22.0 Å². The predicted octanol–water partition coefficient (Wildman–Crippen LogP) is 10.8. The van der Waals surface area contributed by atoms with Crippen LogP contribution in [0.15, 0.2) is 42.5 Å². The number of hydrogen-bond donors (Lipinski definition) is 1. The topological polar surface area (TPSA) is 83.5 Å². The third-order valence-electron chi connectivity index (χ3n) is 10.1. The van der Waals surface area contributed by atoms with Crippen LogP contribution in [0.3, 0.4) is 0 Å². The number of benzene rings is 2. The number of carbonyl (C=O) groups is 1. The van der Waals surface area contributed by atoms with Crippen molar-refractivity contribution in [2.24, 2.45) is 5.41 Å². The largest absolute Gasteiger partial charge is 0.492 e. The molecule has 0 fully saturated rings. The summed E-state index contributed by atoms with van der Waals surface area (Å²) in [6.07, 6.45) is 1.13. The molecule has 0 saturated heterocycles. The summed E-state index contributed by atoms with van der Waals surface area (Å²) in [4.78, 5) is 13.9. The number of carboxylic acids is 1. The zero-order valence-electron chi connectivity index (χ0n) is 30.4. The summed E-state index contributed by atoms with van der Waals surface area (Å²) in [7, 11) is 3.03. The van der Waals surface area contributed by atoms with E-state index >= 15 is 0 Å². The van der Waals surface area contributed by atoms with Gasteiger partial charge in [-0.1, -0.05) is 96.3 Å². The molecule has 0 saturated carbocycles. The van der Waals surface area contributed by atoms with Crippen molar-refractivity contribution in [1.29, 1.82) is 0 Å². The molecule has 0 aromatic heterocycles. The van der Waals surface area contributed by atoms with E-state index < -0.39 is 41.2 Å². The summed E-state index contributed by atoms with van der Waals surface area (Å²) in [6, 6.07) is 12.8. The Hall–Kier alpha value is -3.12. The van der Waals surface area contributed by atoms with Crippen LogP contribution in [0.2, 0.25) is 0 Å². The van der Waals surface area contributed by atoms with Gasteiger partial charge in [0.25, 0.3) is 0 Å². The first-order chi connectivity index (χ1) is 24.3. The third-order valence-corrected chi connectivity index (χ3v) is 10.1. The lowest BCUT2D eigenvalue weighted by molar-refractivity contribution is -0.284. The van der Waals surface area contributed by atoms with Crippen LogP contribution in [0.1, 0.15) is 121 Å². The molecule has 3 rings (SSSR count). The quantitative estimate of drug-likeness (QED) is 0.0654. The molecule has 1 aliphatic rings. The van der Waals surface area contributed by atoms with Gasteiger partial charge in [0.05, 0.1) is 12.0 Å². The number of unbranched alkanes of at least 4 members (excludes halogenated alkanes) is 9. The van der Waals surface area contributed by atoms with Crippen LogP contribution in [0, 0.1) is 5.41 Å². The van der Waals surface area contributed by atoms with Gasteiger partial charge in [0.1, 0.15) is 17.2 Å². The Labute approximate surface area is 299 Å². The van der Waals surface area contributed by atoms with E-state index in [-0.39, 0.29) is 39.5 Å². The molecule has 1 aliphatic heterocycles. The summed E-state index contributed by atoms with van der Waals surface area (Å²) in [5.74, 6) is -4.73. The van der Waals surface area contributed by atoms with Gasteiger partial charge in [-0.05, 0) is 48.6 Å². The summed E-state index contributed by atoms with van der Waals surface area (Å²) < 4.78 is 93.1. The number of methoxy groups -OCH3 is 2. The molecule has 51 heavy (non-hydrogen) atoms. The fourth-order valence-corrected chi connectivity index (χ4v) is 7.40. The predicted molar refractivity (Wildman–Crippen MR) is 185 cm³/mol. The van der Waals surface area contributed by atoms with E-state index in [1.54, 1.807) is 12.1 Å². The van der Waals surface area contributed by atoms with Crippen molar-refractivity contribution in [3.63, 3.8) is 0 Å². The zero-order chi connectivity index (χ0) is 37.5. The third kappa shape index (κ3) is 11.2. The van der Waals surface area contributed by atoms with Crippen molar-refractivity contribution in [1.82, 2.24) is 0 Å². The van der Waals surface area contributed by atoms with E-state index in [2.05, 4.69) is 6.92 Å². The molecule has 1 heterocycles. The number of hydrogen-bond acceptors (Lipinski definition) is 6. The van der Waals surface area contributed by atoms with Gasteiger partial charge in [0, 0.05) is 38.0 Å². The van der Waals surface area contributed by atoms with Gasteiger partial charge >= 0.3 is 18.1 Å². The van der Waals surface area contributed by atoms with E-state index in [9.17, 15) is 31.9 Å². The first-order valence-corrected chi connectivity index (χ1v) is 18.0. The summed E-state index contributed by atoms with van der Waals surface area (Å²) >= 11 is 0. The summed E-state index contributed by atoms with van der Waals surface area (Å²) in [6.45, 7) is 4.40. The highest BCUT2D eigenvalue weighted by atomic mass is 19.4. The Kier molecular flexibility index (Phi) is 16.3. The molecule has 1 N–H and O–H groups in total. The van der Waals surface area contributed by atoms with Crippen molar-refractivity contribution in [3.8, 4) is 17.2 Å². The molecule has 2 aromatic rings. The van der Waals surface area contributed by atoms with Gasteiger partial charge in [-0.3, -0.25) is 4.79 Å². The number of aliphatic carboxylic acids is 1. The second kappa shape index (κ2) is 19.6. The molecule has 3 atom stereocenters. The van der Waals surface area contributed by atoms with Crippen LogP contribution in [0.25, 0.3) is 0 Å². The monoisotopic (exact) mass is 730 g/mol. The number of halogens is 5. The average Bonchev–Trinajstić information content (AvgIpc) is 3.09. The molecule has 0 aliphatic carbocycles.